The third-order valence-electron chi connectivity index (χ3n) is 4.33. The van der Waals surface area contributed by atoms with E-state index in [2.05, 4.69) is 42.7 Å². The fraction of sp³-hybridized carbons (Fsp3) is 0.250. The van der Waals surface area contributed by atoms with E-state index in [-0.39, 0.29) is 5.97 Å². The summed E-state index contributed by atoms with van der Waals surface area (Å²) in [6, 6.07) is 16.2. The second-order valence-electron chi connectivity index (χ2n) is 5.73. The lowest BCUT2D eigenvalue weighted by atomic mass is 10.1. The number of aromatic nitrogens is 1. The van der Waals surface area contributed by atoms with Crippen LogP contribution in [0.2, 0.25) is 0 Å². The van der Waals surface area contributed by atoms with Crippen LogP contribution >= 0.6 is 0 Å². The highest BCUT2D eigenvalue weighted by Crippen LogP contribution is 2.27. The number of hydrogen-bond donors (Lipinski definition) is 0. The highest BCUT2D eigenvalue weighted by Gasteiger charge is 2.14. The van der Waals surface area contributed by atoms with E-state index in [0.717, 1.165) is 17.4 Å². The molecule has 0 saturated heterocycles. The fourth-order valence-electron chi connectivity index (χ4n) is 2.96. The Morgan fingerprint density at radius 2 is 1.83 bits per heavy atom. The van der Waals surface area contributed by atoms with Crippen LogP contribution in [0, 0.1) is 13.8 Å². The van der Waals surface area contributed by atoms with Gasteiger partial charge < -0.3 is 9.30 Å². The lowest BCUT2D eigenvalue weighted by molar-refractivity contribution is 0.0526. The van der Waals surface area contributed by atoms with Gasteiger partial charge in [0.15, 0.2) is 0 Å². The highest BCUT2D eigenvalue weighted by atomic mass is 16.5. The first-order valence-electron chi connectivity index (χ1n) is 7.92. The van der Waals surface area contributed by atoms with E-state index in [4.69, 9.17) is 4.74 Å². The summed E-state index contributed by atoms with van der Waals surface area (Å²) in [5.74, 6) is -0.262. The average Bonchev–Trinajstić information content (AvgIpc) is 2.81. The van der Waals surface area contributed by atoms with Crippen LogP contribution < -0.4 is 0 Å². The molecule has 23 heavy (non-hydrogen) atoms. The molecule has 0 N–H and O–H groups in total. The monoisotopic (exact) mass is 307 g/mol. The predicted molar refractivity (Wildman–Crippen MR) is 92.9 cm³/mol. The number of aryl methyl sites for hydroxylation is 1. The molecule has 0 spiro atoms. The van der Waals surface area contributed by atoms with Crippen molar-refractivity contribution in [1.82, 2.24) is 4.57 Å². The number of ether oxygens (including phenoxy) is 1. The maximum Gasteiger partial charge on any atom is 0.338 e. The van der Waals surface area contributed by atoms with Crippen LogP contribution in [0.4, 0.5) is 0 Å². The molecule has 0 atom stereocenters. The van der Waals surface area contributed by atoms with E-state index in [1.54, 1.807) is 0 Å². The Hall–Kier alpha value is -2.55. The molecule has 3 heteroatoms. The molecule has 1 heterocycles. The quantitative estimate of drug-likeness (QED) is 0.665. The minimum Gasteiger partial charge on any atom is -0.462 e. The predicted octanol–water partition coefficient (Wildman–Crippen LogP) is 4.48. The van der Waals surface area contributed by atoms with Crippen molar-refractivity contribution in [1.29, 1.82) is 0 Å². The summed E-state index contributed by atoms with van der Waals surface area (Å²) >= 11 is 0. The van der Waals surface area contributed by atoms with Crippen molar-refractivity contribution in [2.24, 2.45) is 0 Å². The maximum absolute atomic E-state index is 12.0. The molecular weight excluding hydrogens is 286 g/mol. The molecule has 3 rings (SSSR count). The molecule has 1 aromatic heterocycles. The molecule has 0 unspecified atom stereocenters. The molecule has 0 fully saturated rings. The Morgan fingerprint density at radius 3 is 2.52 bits per heavy atom. The van der Waals surface area contributed by atoms with Gasteiger partial charge in [0.2, 0.25) is 0 Å². The van der Waals surface area contributed by atoms with Gasteiger partial charge in [0.25, 0.3) is 0 Å². The summed E-state index contributed by atoms with van der Waals surface area (Å²) in [5, 5.41) is 1.11. The van der Waals surface area contributed by atoms with Gasteiger partial charge in [-0.25, -0.2) is 4.79 Å². The number of esters is 1. The first-order valence-corrected chi connectivity index (χ1v) is 7.92. The summed E-state index contributed by atoms with van der Waals surface area (Å²) in [6.07, 6.45) is 0. The van der Waals surface area contributed by atoms with Gasteiger partial charge in [-0.2, -0.15) is 0 Å². The summed E-state index contributed by atoms with van der Waals surface area (Å²) in [5.41, 5.74) is 5.46. The van der Waals surface area contributed by atoms with Crippen LogP contribution in [-0.2, 0) is 11.3 Å². The van der Waals surface area contributed by atoms with Crippen molar-refractivity contribution >= 4 is 16.9 Å². The molecule has 0 saturated carbocycles. The minimum atomic E-state index is -0.262. The number of rotatable bonds is 4. The maximum atomic E-state index is 12.0. The third kappa shape index (κ3) is 2.87. The Balaban J connectivity index is 2.06. The number of nitrogens with zero attached hydrogens (tertiary/aromatic N) is 1. The molecular formula is C20H21NO2. The van der Waals surface area contributed by atoms with E-state index >= 15 is 0 Å². The van der Waals surface area contributed by atoms with Crippen molar-refractivity contribution in [3.05, 3.63) is 70.9 Å². The number of hydrogen-bond acceptors (Lipinski definition) is 2. The van der Waals surface area contributed by atoms with Crippen LogP contribution in [0.15, 0.2) is 48.5 Å². The van der Waals surface area contributed by atoms with Gasteiger partial charge in [-0.05, 0) is 50.1 Å². The zero-order valence-corrected chi connectivity index (χ0v) is 13.8. The molecule has 2 aromatic carbocycles. The molecule has 3 aromatic rings. The third-order valence-corrected chi connectivity index (χ3v) is 4.33. The Morgan fingerprint density at radius 1 is 1.09 bits per heavy atom. The van der Waals surface area contributed by atoms with Crippen molar-refractivity contribution in [2.45, 2.75) is 27.3 Å². The second-order valence-corrected chi connectivity index (χ2v) is 5.73. The average molecular weight is 307 g/mol. The number of carbonyl (C=O) groups is 1. The van der Waals surface area contributed by atoms with Crippen LogP contribution in [0.3, 0.4) is 0 Å². The molecule has 0 amide bonds. The normalized spacial score (nSPS) is 10.9. The lowest BCUT2D eigenvalue weighted by Crippen LogP contribution is -2.04. The van der Waals surface area contributed by atoms with Gasteiger partial charge >= 0.3 is 5.97 Å². The van der Waals surface area contributed by atoms with E-state index in [1.807, 2.05) is 31.2 Å². The summed E-state index contributed by atoms with van der Waals surface area (Å²) in [4.78, 5) is 12.0. The van der Waals surface area contributed by atoms with E-state index in [1.165, 1.54) is 16.8 Å². The molecule has 0 aliphatic rings. The first-order chi connectivity index (χ1) is 11.1. The van der Waals surface area contributed by atoms with Crippen molar-refractivity contribution < 1.29 is 9.53 Å². The topological polar surface area (TPSA) is 31.2 Å². The van der Waals surface area contributed by atoms with E-state index < -0.39 is 0 Å². The summed E-state index contributed by atoms with van der Waals surface area (Å²) in [7, 11) is 0. The number of fused-ring (bicyclic) bond motifs is 1. The summed E-state index contributed by atoms with van der Waals surface area (Å²) in [6.45, 7) is 7.28. The van der Waals surface area contributed by atoms with Crippen molar-refractivity contribution in [2.75, 3.05) is 6.61 Å². The molecule has 0 aliphatic heterocycles. The van der Waals surface area contributed by atoms with Gasteiger partial charge in [0.1, 0.15) is 0 Å². The first kappa shape index (κ1) is 15.3. The molecule has 0 radical (unpaired) electrons. The number of carbonyl (C=O) groups excluding carboxylic acids is 1. The molecule has 3 nitrogen and oxygen atoms in total. The smallest absolute Gasteiger partial charge is 0.338 e. The molecule has 118 valence electrons. The van der Waals surface area contributed by atoms with Crippen LogP contribution in [0.1, 0.15) is 34.1 Å². The van der Waals surface area contributed by atoms with E-state index in [0.29, 0.717) is 12.2 Å². The lowest BCUT2D eigenvalue weighted by Gasteiger charge is -2.09. The van der Waals surface area contributed by atoms with Crippen LogP contribution in [-0.4, -0.2) is 17.1 Å². The van der Waals surface area contributed by atoms with Gasteiger partial charge in [0, 0.05) is 23.1 Å². The van der Waals surface area contributed by atoms with Gasteiger partial charge in [-0.3, -0.25) is 0 Å². The standard InChI is InChI=1S/C20H21NO2/c1-4-23-20(22)17-10-11-19-18(12-17)14(2)15(3)21(19)13-16-8-6-5-7-9-16/h5-12H,4,13H2,1-3H3. The largest absolute Gasteiger partial charge is 0.462 e. The zero-order valence-electron chi connectivity index (χ0n) is 13.8. The van der Waals surface area contributed by atoms with Crippen molar-refractivity contribution in [3.63, 3.8) is 0 Å². The van der Waals surface area contributed by atoms with Crippen LogP contribution in [0.25, 0.3) is 10.9 Å². The fourth-order valence-corrected chi connectivity index (χ4v) is 2.96. The SMILES string of the molecule is CCOC(=O)c1ccc2c(c1)c(C)c(C)n2Cc1ccccc1. The second kappa shape index (κ2) is 6.29. The zero-order chi connectivity index (χ0) is 16.4. The van der Waals surface area contributed by atoms with Gasteiger partial charge in [-0.1, -0.05) is 30.3 Å². The van der Waals surface area contributed by atoms with E-state index in [9.17, 15) is 4.79 Å². The minimum absolute atomic E-state index is 0.262. The van der Waals surface area contributed by atoms with Crippen molar-refractivity contribution in [3.8, 4) is 0 Å². The van der Waals surface area contributed by atoms with Gasteiger partial charge in [0.05, 0.1) is 12.2 Å². The van der Waals surface area contributed by atoms with Gasteiger partial charge in [-0.15, -0.1) is 0 Å². The summed E-state index contributed by atoms with van der Waals surface area (Å²) < 4.78 is 7.40. The number of benzene rings is 2. The van der Waals surface area contributed by atoms with Crippen LogP contribution in [0.5, 0.6) is 0 Å². The molecule has 0 bridgehead atoms. The highest BCUT2D eigenvalue weighted by molar-refractivity contribution is 5.96. The Labute approximate surface area is 136 Å². The molecule has 0 aliphatic carbocycles. The Bertz CT molecular complexity index is 847. The Kier molecular flexibility index (Phi) is 4.20.